The molecule has 0 spiro atoms. The first-order chi connectivity index (χ1) is 10.5. The van der Waals surface area contributed by atoms with Crippen LogP contribution in [-0.2, 0) is 11.8 Å². The molecule has 2 heterocycles. The summed E-state index contributed by atoms with van der Waals surface area (Å²) in [6.45, 7) is 5.44. The van der Waals surface area contributed by atoms with Crippen LogP contribution in [0.2, 0.25) is 0 Å². The molecule has 2 aromatic rings. The van der Waals surface area contributed by atoms with Gasteiger partial charge in [0.2, 0.25) is 0 Å². The standard InChI is InChI=1S/C16H21N3O3/c1-10(2)12-5-6-14(15-13(12)9-18(3)17-15)22-11-7-19(8-11)16(20)21-4/h5-6,9-11H,7-8H2,1-4H3. The Balaban J connectivity index is 1.81. The molecule has 0 unspecified atom stereocenters. The van der Waals surface area contributed by atoms with Crippen molar-refractivity contribution in [1.82, 2.24) is 14.7 Å². The van der Waals surface area contributed by atoms with Crippen LogP contribution in [0.1, 0.15) is 25.3 Å². The van der Waals surface area contributed by atoms with Crippen molar-refractivity contribution in [3.8, 4) is 5.75 Å². The molecule has 118 valence electrons. The van der Waals surface area contributed by atoms with E-state index >= 15 is 0 Å². The average Bonchev–Trinajstić information content (AvgIpc) is 2.82. The summed E-state index contributed by atoms with van der Waals surface area (Å²) < 4.78 is 12.5. The second-order valence-corrected chi connectivity index (χ2v) is 5.99. The quantitative estimate of drug-likeness (QED) is 0.874. The number of aryl methyl sites for hydroxylation is 1. The van der Waals surface area contributed by atoms with Crippen LogP contribution in [0.25, 0.3) is 10.9 Å². The Kier molecular flexibility index (Phi) is 3.68. The molecule has 1 aromatic heterocycles. The van der Waals surface area contributed by atoms with E-state index in [4.69, 9.17) is 4.74 Å². The van der Waals surface area contributed by atoms with Gasteiger partial charge in [0.1, 0.15) is 17.4 Å². The van der Waals surface area contributed by atoms with Crippen LogP contribution in [0.5, 0.6) is 5.75 Å². The Hall–Kier alpha value is -2.24. The molecule has 0 atom stereocenters. The number of rotatable bonds is 3. The van der Waals surface area contributed by atoms with Gasteiger partial charge in [0.05, 0.1) is 20.2 Å². The maximum Gasteiger partial charge on any atom is 0.409 e. The number of benzene rings is 1. The second kappa shape index (κ2) is 5.51. The maximum atomic E-state index is 11.4. The summed E-state index contributed by atoms with van der Waals surface area (Å²) >= 11 is 0. The zero-order valence-electron chi connectivity index (χ0n) is 13.4. The number of hydrogen-bond acceptors (Lipinski definition) is 4. The highest BCUT2D eigenvalue weighted by Crippen LogP contribution is 2.32. The van der Waals surface area contributed by atoms with Gasteiger partial charge in [-0.3, -0.25) is 4.68 Å². The third-order valence-corrected chi connectivity index (χ3v) is 3.98. The van der Waals surface area contributed by atoms with Gasteiger partial charge < -0.3 is 14.4 Å². The predicted octanol–water partition coefficient (Wildman–Crippen LogP) is 2.53. The fourth-order valence-electron chi connectivity index (χ4n) is 2.78. The van der Waals surface area contributed by atoms with Crippen LogP contribution in [0, 0.1) is 0 Å². The number of carbonyl (C=O) groups is 1. The van der Waals surface area contributed by atoms with E-state index in [1.165, 1.54) is 12.7 Å². The lowest BCUT2D eigenvalue weighted by Gasteiger charge is -2.37. The van der Waals surface area contributed by atoms with Crippen molar-refractivity contribution in [1.29, 1.82) is 0 Å². The van der Waals surface area contributed by atoms with Crippen LogP contribution in [-0.4, -0.2) is 47.1 Å². The lowest BCUT2D eigenvalue weighted by atomic mass is 9.99. The third kappa shape index (κ3) is 2.49. The van der Waals surface area contributed by atoms with Gasteiger partial charge in [-0.1, -0.05) is 19.9 Å². The van der Waals surface area contributed by atoms with E-state index in [0.717, 1.165) is 16.7 Å². The minimum absolute atomic E-state index is 0.00536. The van der Waals surface area contributed by atoms with Gasteiger partial charge >= 0.3 is 6.09 Å². The van der Waals surface area contributed by atoms with Crippen molar-refractivity contribution in [2.24, 2.45) is 7.05 Å². The fraction of sp³-hybridized carbons (Fsp3) is 0.500. The zero-order chi connectivity index (χ0) is 15.9. The minimum atomic E-state index is -0.307. The van der Waals surface area contributed by atoms with E-state index in [1.807, 2.05) is 24.0 Å². The molecule has 3 rings (SSSR count). The van der Waals surface area contributed by atoms with Gasteiger partial charge in [0.15, 0.2) is 0 Å². The molecule has 0 aliphatic carbocycles. The van der Waals surface area contributed by atoms with Crippen LogP contribution in [0.4, 0.5) is 4.79 Å². The molecule has 1 fully saturated rings. The first-order valence-electron chi connectivity index (χ1n) is 7.45. The van der Waals surface area contributed by atoms with Crippen LogP contribution >= 0.6 is 0 Å². The Morgan fingerprint density at radius 2 is 2.09 bits per heavy atom. The summed E-state index contributed by atoms with van der Waals surface area (Å²) in [5, 5.41) is 5.65. The Labute approximate surface area is 129 Å². The summed E-state index contributed by atoms with van der Waals surface area (Å²) in [5.41, 5.74) is 2.14. The summed E-state index contributed by atoms with van der Waals surface area (Å²) in [5.74, 6) is 1.20. The first kappa shape index (κ1) is 14.7. The highest BCUT2D eigenvalue weighted by molar-refractivity contribution is 5.87. The molecule has 1 aliphatic rings. The molecule has 0 radical (unpaired) electrons. The van der Waals surface area contributed by atoms with Crippen molar-refractivity contribution in [3.05, 3.63) is 23.9 Å². The van der Waals surface area contributed by atoms with Gasteiger partial charge in [0.25, 0.3) is 0 Å². The highest BCUT2D eigenvalue weighted by atomic mass is 16.5. The molecule has 1 amide bonds. The molecular weight excluding hydrogens is 282 g/mol. The number of carbonyl (C=O) groups excluding carboxylic acids is 1. The lowest BCUT2D eigenvalue weighted by molar-refractivity contribution is 0.0189. The van der Waals surface area contributed by atoms with E-state index in [0.29, 0.717) is 19.0 Å². The number of hydrogen-bond donors (Lipinski definition) is 0. The number of ether oxygens (including phenoxy) is 2. The van der Waals surface area contributed by atoms with Crippen molar-refractivity contribution in [2.75, 3.05) is 20.2 Å². The molecule has 1 saturated heterocycles. The summed E-state index contributed by atoms with van der Waals surface area (Å²) in [6, 6.07) is 4.08. The van der Waals surface area contributed by atoms with Crippen LogP contribution in [0.15, 0.2) is 18.3 Å². The Bertz CT molecular complexity index is 702. The average molecular weight is 303 g/mol. The molecule has 0 N–H and O–H groups in total. The molecule has 0 saturated carbocycles. The van der Waals surface area contributed by atoms with E-state index in [2.05, 4.69) is 29.7 Å². The fourth-order valence-corrected chi connectivity index (χ4v) is 2.78. The molecule has 22 heavy (non-hydrogen) atoms. The van der Waals surface area contributed by atoms with Crippen molar-refractivity contribution >= 4 is 17.0 Å². The number of fused-ring (bicyclic) bond motifs is 1. The van der Waals surface area contributed by atoms with Gasteiger partial charge in [0, 0.05) is 18.6 Å². The number of amides is 1. The monoisotopic (exact) mass is 303 g/mol. The molecule has 0 bridgehead atoms. The number of aromatic nitrogens is 2. The van der Waals surface area contributed by atoms with Gasteiger partial charge in [-0.25, -0.2) is 4.79 Å². The zero-order valence-corrected chi connectivity index (χ0v) is 13.4. The first-order valence-corrected chi connectivity index (χ1v) is 7.45. The Morgan fingerprint density at radius 3 is 2.73 bits per heavy atom. The molecular formula is C16H21N3O3. The van der Waals surface area contributed by atoms with Crippen molar-refractivity contribution < 1.29 is 14.3 Å². The van der Waals surface area contributed by atoms with Gasteiger partial charge in [-0.15, -0.1) is 0 Å². The van der Waals surface area contributed by atoms with E-state index in [9.17, 15) is 4.79 Å². The highest BCUT2D eigenvalue weighted by Gasteiger charge is 2.33. The van der Waals surface area contributed by atoms with E-state index < -0.39 is 0 Å². The largest absolute Gasteiger partial charge is 0.484 e. The van der Waals surface area contributed by atoms with Gasteiger partial charge in [-0.05, 0) is 17.5 Å². The SMILES string of the molecule is COC(=O)N1CC(Oc2ccc(C(C)C)c3cn(C)nc23)C1. The van der Waals surface area contributed by atoms with Crippen LogP contribution < -0.4 is 4.74 Å². The van der Waals surface area contributed by atoms with E-state index in [-0.39, 0.29) is 12.2 Å². The van der Waals surface area contributed by atoms with Gasteiger partial charge in [-0.2, -0.15) is 5.10 Å². The summed E-state index contributed by atoms with van der Waals surface area (Å²) in [4.78, 5) is 13.0. The van der Waals surface area contributed by atoms with Crippen molar-refractivity contribution in [3.63, 3.8) is 0 Å². The Morgan fingerprint density at radius 1 is 1.36 bits per heavy atom. The number of nitrogens with zero attached hydrogens (tertiary/aromatic N) is 3. The van der Waals surface area contributed by atoms with Crippen LogP contribution in [0.3, 0.4) is 0 Å². The maximum absolute atomic E-state index is 11.4. The number of likely N-dealkylation sites (tertiary alicyclic amines) is 1. The van der Waals surface area contributed by atoms with E-state index in [1.54, 1.807) is 4.90 Å². The van der Waals surface area contributed by atoms with Crippen molar-refractivity contribution in [2.45, 2.75) is 25.9 Å². The predicted molar refractivity (Wildman–Crippen MR) is 83.2 cm³/mol. The third-order valence-electron chi connectivity index (χ3n) is 3.98. The second-order valence-electron chi connectivity index (χ2n) is 5.99. The summed E-state index contributed by atoms with van der Waals surface area (Å²) in [7, 11) is 3.30. The molecule has 6 heteroatoms. The molecule has 1 aromatic carbocycles. The smallest absolute Gasteiger partial charge is 0.409 e. The minimum Gasteiger partial charge on any atom is -0.484 e. The lowest BCUT2D eigenvalue weighted by Crippen LogP contribution is -2.56. The number of methoxy groups -OCH3 is 1. The molecule has 1 aliphatic heterocycles. The molecule has 6 nitrogen and oxygen atoms in total. The normalized spacial score (nSPS) is 15.2. The topological polar surface area (TPSA) is 56.6 Å². The summed E-state index contributed by atoms with van der Waals surface area (Å²) in [6.07, 6.45) is 1.71.